The Hall–Kier alpha value is -1.82. The second-order valence-corrected chi connectivity index (χ2v) is 7.73. The van der Waals surface area contributed by atoms with Gasteiger partial charge in [0.25, 0.3) is 0 Å². The predicted molar refractivity (Wildman–Crippen MR) is 104 cm³/mol. The van der Waals surface area contributed by atoms with E-state index in [9.17, 15) is 0 Å². The zero-order chi connectivity index (χ0) is 16.5. The van der Waals surface area contributed by atoms with Crippen LogP contribution in [0.15, 0.2) is 48.5 Å². The molecular weight excluding hydrogens is 288 g/mol. The number of aryl methyl sites for hydroxylation is 2. The summed E-state index contributed by atoms with van der Waals surface area (Å²) in [4.78, 5) is 0. The smallest absolute Gasteiger partial charge is 0.0221 e. The van der Waals surface area contributed by atoms with Crippen molar-refractivity contribution in [3.05, 3.63) is 70.8 Å². The predicted octanol–water partition coefficient (Wildman–Crippen LogP) is 6.68. The molecule has 0 heterocycles. The highest BCUT2D eigenvalue weighted by Gasteiger charge is 2.34. The fraction of sp³-hybridized carbons (Fsp3) is 0.417. The molecule has 24 heavy (non-hydrogen) atoms. The molecule has 0 saturated heterocycles. The molecule has 0 bridgehead atoms. The maximum atomic E-state index is 2.36. The van der Waals surface area contributed by atoms with E-state index in [0.717, 1.165) is 18.3 Å². The van der Waals surface area contributed by atoms with Gasteiger partial charge in [-0.3, -0.25) is 0 Å². The van der Waals surface area contributed by atoms with E-state index in [4.69, 9.17) is 0 Å². The van der Waals surface area contributed by atoms with Crippen LogP contribution in [-0.4, -0.2) is 0 Å². The summed E-state index contributed by atoms with van der Waals surface area (Å²) < 4.78 is 0. The second-order valence-electron chi connectivity index (χ2n) is 7.73. The molecule has 1 saturated carbocycles. The number of rotatable bonds is 3. The first-order valence-electron chi connectivity index (χ1n) is 9.63. The van der Waals surface area contributed by atoms with Gasteiger partial charge in [0.2, 0.25) is 0 Å². The Morgan fingerprint density at radius 1 is 0.750 bits per heavy atom. The second kappa shape index (κ2) is 6.59. The first-order chi connectivity index (χ1) is 11.7. The average Bonchev–Trinajstić information content (AvgIpc) is 3.09. The molecule has 1 fully saturated rings. The minimum Gasteiger partial charge on any atom is -0.0613 e. The van der Waals surface area contributed by atoms with E-state index in [1.54, 1.807) is 11.1 Å². The quantitative estimate of drug-likeness (QED) is 0.592. The molecule has 0 N–H and O–H groups in total. The highest BCUT2D eigenvalue weighted by molar-refractivity contribution is 5.92. The summed E-state index contributed by atoms with van der Waals surface area (Å²) in [5.74, 6) is 1.83. The van der Waals surface area contributed by atoms with E-state index in [0.29, 0.717) is 0 Å². The van der Waals surface area contributed by atoms with E-state index in [1.807, 2.05) is 0 Å². The molecule has 2 aliphatic carbocycles. The first-order valence-corrected chi connectivity index (χ1v) is 9.63. The SMILES string of the molecule is CCc1ccc(C2=C(c3ccc(C)cc3)CC3CCCC3C2)cc1. The Morgan fingerprint density at radius 3 is 1.75 bits per heavy atom. The van der Waals surface area contributed by atoms with Gasteiger partial charge in [0.15, 0.2) is 0 Å². The van der Waals surface area contributed by atoms with E-state index >= 15 is 0 Å². The third-order valence-electron chi connectivity index (χ3n) is 6.22. The average molecular weight is 316 g/mol. The summed E-state index contributed by atoms with van der Waals surface area (Å²) in [6, 6.07) is 18.5. The zero-order valence-electron chi connectivity index (χ0n) is 15.0. The Kier molecular flexibility index (Phi) is 4.31. The molecule has 0 spiro atoms. The molecular formula is C24H28. The normalized spacial score (nSPS) is 23.4. The van der Waals surface area contributed by atoms with Crippen molar-refractivity contribution in [3.8, 4) is 0 Å². The van der Waals surface area contributed by atoms with Crippen LogP contribution in [0, 0.1) is 18.8 Å². The van der Waals surface area contributed by atoms with Crippen LogP contribution in [0.1, 0.15) is 61.3 Å². The Morgan fingerprint density at radius 2 is 1.25 bits per heavy atom. The molecule has 0 radical (unpaired) electrons. The monoisotopic (exact) mass is 316 g/mol. The number of allylic oxidation sites excluding steroid dienone is 2. The third-order valence-corrected chi connectivity index (χ3v) is 6.22. The van der Waals surface area contributed by atoms with Crippen LogP contribution in [0.2, 0.25) is 0 Å². The van der Waals surface area contributed by atoms with Crippen LogP contribution in [0.5, 0.6) is 0 Å². The Labute approximate surface area is 146 Å². The van der Waals surface area contributed by atoms with Gasteiger partial charge in [-0.25, -0.2) is 0 Å². The molecule has 2 atom stereocenters. The topological polar surface area (TPSA) is 0 Å². The lowest BCUT2D eigenvalue weighted by Crippen LogP contribution is -2.16. The van der Waals surface area contributed by atoms with Crippen molar-refractivity contribution in [3.63, 3.8) is 0 Å². The van der Waals surface area contributed by atoms with E-state index in [1.165, 1.54) is 54.4 Å². The van der Waals surface area contributed by atoms with Crippen LogP contribution < -0.4 is 0 Å². The van der Waals surface area contributed by atoms with Gasteiger partial charge in [0.05, 0.1) is 0 Å². The maximum absolute atomic E-state index is 2.36. The summed E-state index contributed by atoms with van der Waals surface area (Å²) in [6.45, 7) is 4.41. The van der Waals surface area contributed by atoms with Crippen molar-refractivity contribution < 1.29 is 0 Å². The van der Waals surface area contributed by atoms with Crippen molar-refractivity contribution >= 4 is 11.1 Å². The summed E-state index contributed by atoms with van der Waals surface area (Å²) >= 11 is 0. The summed E-state index contributed by atoms with van der Waals surface area (Å²) in [5.41, 5.74) is 8.91. The molecule has 2 aromatic rings. The molecule has 2 aliphatic rings. The number of fused-ring (bicyclic) bond motifs is 1. The van der Waals surface area contributed by atoms with Crippen LogP contribution in [0.25, 0.3) is 11.1 Å². The van der Waals surface area contributed by atoms with Crippen LogP contribution in [-0.2, 0) is 6.42 Å². The minimum absolute atomic E-state index is 0.917. The van der Waals surface area contributed by atoms with Crippen molar-refractivity contribution in [1.29, 1.82) is 0 Å². The van der Waals surface area contributed by atoms with E-state index < -0.39 is 0 Å². The summed E-state index contributed by atoms with van der Waals surface area (Å²) in [5, 5.41) is 0. The van der Waals surface area contributed by atoms with Gasteiger partial charge >= 0.3 is 0 Å². The van der Waals surface area contributed by atoms with Gasteiger partial charge < -0.3 is 0 Å². The molecule has 0 heteroatoms. The van der Waals surface area contributed by atoms with Crippen LogP contribution in [0.4, 0.5) is 0 Å². The van der Waals surface area contributed by atoms with Gasteiger partial charge in [0, 0.05) is 0 Å². The van der Waals surface area contributed by atoms with Crippen LogP contribution in [0.3, 0.4) is 0 Å². The lowest BCUT2D eigenvalue weighted by molar-refractivity contribution is 0.392. The highest BCUT2D eigenvalue weighted by atomic mass is 14.4. The Bertz CT molecular complexity index is 731. The van der Waals surface area contributed by atoms with Crippen molar-refractivity contribution in [2.24, 2.45) is 11.8 Å². The zero-order valence-corrected chi connectivity index (χ0v) is 15.0. The molecule has 124 valence electrons. The standard InChI is InChI=1S/C24H28/c1-3-18-9-13-20(14-10-18)24-16-22-6-4-5-21(22)15-23(24)19-11-7-17(2)8-12-19/h7-14,21-22H,3-6,15-16H2,1-2H3. The summed E-state index contributed by atoms with van der Waals surface area (Å²) in [6.07, 6.45) is 7.97. The van der Waals surface area contributed by atoms with Gasteiger partial charge in [-0.15, -0.1) is 0 Å². The van der Waals surface area contributed by atoms with Crippen molar-refractivity contribution in [1.82, 2.24) is 0 Å². The lowest BCUT2D eigenvalue weighted by atomic mass is 9.74. The molecule has 0 amide bonds. The number of hydrogen-bond acceptors (Lipinski definition) is 0. The van der Waals surface area contributed by atoms with Gasteiger partial charge in [-0.2, -0.15) is 0 Å². The van der Waals surface area contributed by atoms with Gasteiger partial charge in [-0.1, -0.05) is 67.4 Å². The molecule has 0 nitrogen and oxygen atoms in total. The minimum atomic E-state index is 0.917. The summed E-state index contributed by atoms with van der Waals surface area (Å²) in [7, 11) is 0. The number of benzene rings is 2. The maximum Gasteiger partial charge on any atom is -0.0221 e. The van der Waals surface area contributed by atoms with Crippen molar-refractivity contribution in [2.75, 3.05) is 0 Å². The fourth-order valence-corrected chi connectivity index (χ4v) is 4.70. The van der Waals surface area contributed by atoms with E-state index in [-0.39, 0.29) is 0 Å². The molecule has 0 aromatic heterocycles. The first kappa shape index (κ1) is 15.7. The van der Waals surface area contributed by atoms with E-state index in [2.05, 4.69) is 62.4 Å². The fourth-order valence-electron chi connectivity index (χ4n) is 4.70. The van der Waals surface area contributed by atoms with Crippen molar-refractivity contribution in [2.45, 2.75) is 52.4 Å². The Balaban J connectivity index is 1.78. The van der Waals surface area contributed by atoms with Gasteiger partial charge in [0.1, 0.15) is 0 Å². The molecule has 2 unspecified atom stereocenters. The van der Waals surface area contributed by atoms with Crippen LogP contribution >= 0.6 is 0 Å². The molecule has 0 aliphatic heterocycles. The van der Waals surface area contributed by atoms with Gasteiger partial charge in [-0.05, 0) is 78.7 Å². The third kappa shape index (κ3) is 2.95. The number of hydrogen-bond donors (Lipinski definition) is 0. The molecule has 2 aromatic carbocycles. The molecule has 4 rings (SSSR count). The lowest BCUT2D eigenvalue weighted by Gasteiger charge is -2.31. The largest absolute Gasteiger partial charge is 0.0613 e. The highest BCUT2D eigenvalue weighted by Crippen LogP contribution is 2.49.